The lowest BCUT2D eigenvalue weighted by atomic mass is 10.1. The van der Waals surface area contributed by atoms with Gasteiger partial charge in [0.05, 0.1) is 5.56 Å². The van der Waals surface area contributed by atoms with Crippen molar-refractivity contribution in [2.45, 2.75) is 26.4 Å². The lowest BCUT2D eigenvalue weighted by molar-refractivity contribution is -0.124. The van der Waals surface area contributed by atoms with Gasteiger partial charge in [-0.15, -0.1) is 0 Å². The van der Waals surface area contributed by atoms with Gasteiger partial charge in [0.15, 0.2) is 6.10 Å². The Bertz CT molecular complexity index is 871. The first kappa shape index (κ1) is 22.2. The van der Waals surface area contributed by atoms with Crippen LogP contribution in [0.1, 0.15) is 25.0 Å². The molecule has 0 aliphatic carbocycles. The predicted molar refractivity (Wildman–Crippen MR) is 123 cm³/mol. The summed E-state index contributed by atoms with van der Waals surface area (Å²) >= 11 is 2.03. The molecule has 2 aromatic rings. The molecule has 1 unspecified atom stereocenters. The first-order valence-corrected chi connectivity index (χ1v) is 11.6. The summed E-state index contributed by atoms with van der Waals surface area (Å²) in [4.78, 5) is 15.4. The number of carbonyl (C=O) groups excluding carboxylic acids is 1. The molecule has 1 aliphatic rings. The van der Waals surface area contributed by atoms with Crippen molar-refractivity contribution in [1.29, 1.82) is 5.26 Å². The van der Waals surface area contributed by atoms with Crippen molar-refractivity contribution in [3.05, 3.63) is 59.7 Å². The van der Waals surface area contributed by atoms with Crippen LogP contribution in [0.25, 0.3) is 0 Å². The van der Waals surface area contributed by atoms with Gasteiger partial charge >= 0.3 is 0 Å². The first-order chi connectivity index (χ1) is 14.6. The number of anilines is 1. The Kier molecular flexibility index (Phi) is 8.18. The normalized spacial score (nSPS) is 15.4. The monoisotopic (exact) mass is 423 g/mol. The average Bonchev–Trinajstić information content (AvgIpc) is 2.77. The zero-order chi connectivity index (χ0) is 21.3. The second-order valence-electron chi connectivity index (χ2n) is 7.78. The number of nitriles is 1. The lowest BCUT2D eigenvalue weighted by Crippen LogP contribution is -2.37. The minimum absolute atomic E-state index is 0.0428. The molecule has 1 N–H and O–H groups in total. The standard InChI is InChI=1S/C24H29N3O2S/c1-18(2)23(29-22-6-4-3-5-20(22)17-25)24(28)26-21-9-7-19(8-10-21)11-12-27-13-15-30-16-14-27/h3-10,18,23H,11-16H2,1-2H3,(H,26,28). The largest absolute Gasteiger partial charge is 0.479 e. The molecule has 1 atom stereocenters. The van der Waals surface area contributed by atoms with Crippen LogP contribution < -0.4 is 10.1 Å². The van der Waals surface area contributed by atoms with Gasteiger partial charge in [-0.1, -0.05) is 38.1 Å². The Labute approximate surface area is 183 Å². The number of thioether (sulfide) groups is 1. The van der Waals surface area contributed by atoms with E-state index in [1.807, 2.05) is 37.7 Å². The fraction of sp³-hybridized carbons (Fsp3) is 0.417. The highest BCUT2D eigenvalue weighted by molar-refractivity contribution is 7.99. The van der Waals surface area contributed by atoms with Crippen molar-refractivity contribution in [2.24, 2.45) is 5.92 Å². The van der Waals surface area contributed by atoms with Crippen molar-refractivity contribution < 1.29 is 9.53 Å². The van der Waals surface area contributed by atoms with E-state index in [9.17, 15) is 10.1 Å². The summed E-state index contributed by atoms with van der Waals surface area (Å²) in [5.41, 5.74) is 2.44. The van der Waals surface area contributed by atoms with Crippen LogP contribution in [0.3, 0.4) is 0 Å². The zero-order valence-electron chi connectivity index (χ0n) is 17.6. The molecule has 6 heteroatoms. The molecule has 2 aromatic carbocycles. The Morgan fingerprint density at radius 3 is 2.53 bits per heavy atom. The molecule has 0 radical (unpaired) electrons. The molecule has 1 saturated heterocycles. The summed E-state index contributed by atoms with van der Waals surface area (Å²) in [5.74, 6) is 2.63. The molecule has 1 fully saturated rings. The highest BCUT2D eigenvalue weighted by atomic mass is 32.2. The van der Waals surface area contributed by atoms with Crippen molar-refractivity contribution in [3.8, 4) is 11.8 Å². The molecule has 1 aliphatic heterocycles. The van der Waals surface area contributed by atoms with Crippen LogP contribution in [0.2, 0.25) is 0 Å². The van der Waals surface area contributed by atoms with E-state index < -0.39 is 6.10 Å². The topological polar surface area (TPSA) is 65.4 Å². The highest BCUT2D eigenvalue weighted by Gasteiger charge is 2.25. The van der Waals surface area contributed by atoms with E-state index in [2.05, 4.69) is 28.4 Å². The molecular formula is C24H29N3O2S. The average molecular weight is 424 g/mol. The number of rotatable bonds is 8. The number of nitrogens with one attached hydrogen (secondary N) is 1. The van der Waals surface area contributed by atoms with Crippen LogP contribution in [-0.4, -0.2) is 48.1 Å². The van der Waals surface area contributed by atoms with Gasteiger partial charge in [-0.2, -0.15) is 17.0 Å². The summed E-state index contributed by atoms with van der Waals surface area (Å²) < 4.78 is 5.92. The third-order valence-electron chi connectivity index (χ3n) is 5.17. The van der Waals surface area contributed by atoms with E-state index in [0.717, 1.165) is 18.7 Å². The molecule has 5 nitrogen and oxygen atoms in total. The van der Waals surface area contributed by atoms with Gasteiger partial charge in [0.1, 0.15) is 11.8 Å². The molecule has 30 heavy (non-hydrogen) atoms. The molecule has 0 aromatic heterocycles. The van der Waals surface area contributed by atoms with Gasteiger partial charge in [0.2, 0.25) is 0 Å². The number of carbonyl (C=O) groups is 1. The van der Waals surface area contributed by atoms with Gasteiger partial charge in [-0.25, -0.2) is 0 Å². The van der Waals surface area contributed by atoms with Crippen molar-refractivity contribution in [2.75, 3.05) is 36.5 Å². The number of hydrogen-bond donors (Lipinski definition) is 1. The third kappa shape index (κ3) is 6.25. The smallest absolute Gasteiger partial charge is 0.265 e. The molecule has 3 rings (SSSR count). The van der Waals surface area contributed by atoms with E-state index >= 15 is 0 Å². The Balaban J connectivity index is 1.58. The highest BCUT2D eigenvalue weighted by Crippen LogP contribution is 2.22. The summed E-state index contributed by atoms with van der Waals surface area (Å²) in [7, 11) is 0. The van der Waals surface area contributed by atoms with Gasteiger partial charge in [-0.3, -0.25) is 4.79 Å². The SMILES string of the molecule is CC(C)C(Oc1ccccc1C#N)C(=O)Nc1ccc(CCN2CCSCC2)cc1. The van der Waals surface area contributed by atoms with E-state index in [4.69, 9.17) is 4.74 Å². The van der Waals surface area contributed by atoms with Crippen LogP contribution in [-0.2, 0) is 11.2 Å². The molecular weight excluding hydrogens is 394 g/mol. The third-order valence-corrected chi connectivity index (χ3v) is 6.11. The minimum Gasteiger partial charge on any atom is -0.479 e. The fourth-order valence-electron chi connectivity index (χ4n) is 3.37. The number of benzene rings is 2. The van der Waals surface area contributed by atoms with Gasteiger partial charge in [0.25, 0.3) is 5.91 Å². The second-order valence-corrected chi connectivity index (χ2v) is 9.01. The van der Waals surface area contributed by atoms with Gasteiger partial charge in [-0.05, 0) is 42.2 Å². The lowest BCUT2D eigenvalue weighted by Gasteiger charge is -2.26. The quantitative estimate of drug-likeness (QED) is 0.690. The molecule has 1 heterocycles. The number of hydrogen-bond acceptors (Lipinski definition) is 5. The van der Waals surface area contributed by atoms with Crippen LogP contribution in [0.5, 0.6) is 5.75 Å². The number of para-hydroxylation sites is 1. The maximum Gasteiger partial charge on any atom is 0.265 e. The molecule has 0 spiro atoms. The molecule has 0 bridgehead atoms. The summed E-state index contributed by atoms with van der Waals surface area (Å²) in [6, 6.07) is 17.1. The van der Waals surface area contributed by atoms with Crippen molar-refractivity contribution in [3.63, 3.8) is 0 Å². The Hall–Kier alpha value is -2.49. The van der Waals surface area contributed by atoms with Crippen LogP contribution in [0.15, 0.2) is 48.5 Å². The van der Waals surface area contributed by atoms with Crippen molar-refractivity contribution >= 4 is 23.4 Å². The zero-order valence-corrected chi connectivity index (χ0v) is 18.5. The minimum atomic E-state index is -0.684. The molecule has 0 saturated carbocycles. The first-order valence-electron chi connectivity index (χ1n) is 10.4. The van der Waals surface area contributed by atoms with E-state index in [1.165, 1.54) is 30.2 Å². The van der Waals surface area contributed by atoms with Crippen LogP contribution >= 0.6 is 11.8 Å². The maximum absolute atomic E-state index is 12.8. The predicted octanol–water partition coefficient (Wildman–Crippen LogP) is 4.19. The van der Waals surface area contributed by atoms with Crippen LogP contribution in [0, 0.1) is 17.2 Å². The summed E-state index contributed by atoms with van der Waals surface area (Å²) in [5, 5.41) is 12.2. The number of amides is 1. The summed E-state index contributed by atoms with van der Waals surface area (Å²) in [6.45, 7) is 7.28. The van der Waals surface area contributed by atoms with E-state index in [0.29, 0.717) is 11.3 Å². The number of nitrogens with zero attached hydrogens (tertiary/aromatic N) is 2. The fourth-order valence-corrected chi connectivity index (χ4v) is 4.35. The maximum atomic E-state index is 12.8. The summed E-state index contributed by atoms with van der Waals surface area (Å²) in [6.07, 6.45) is 0.331. The number of ether oxygens (including phenoxy) is 1. The second kappa shape index (κ2) is 11.1. The van der Waals surface area contributed by atoms with Crippen LogP contribution in [0.4, 0.5) is 5.69 Å². The van der Waals surface area contributed by atoms with Gasteiger partial charge < -0.3 is 15.0 Å². The van der Waals surface area contributed by atoms with Crippen molar-refractivity contribution in [1.82, 2.24) is 4.90 Å². The van der Waals surface area contributed by atoms with Gasteiger partial charge in [0, 0.05) is 36.8 Å². The molecule has 158 valence electrons. The van der Waals surface area contributed by atoms with E-state index in [-0.39, 0.29) is 11.8 Å². The van der Waals surface area contributed by atoms with E-state index in [1.54, 1.807) is 24.3 Å². The Morgan fingerprint density at radius 2 is 1.87 bits per heavy atom. The molecule has 1 amide bonds. The Morgan fingerprint density at radius 1 is 1.17 bits per heavy atom.